The third-order valence-corrected chi connectivity index (χ3v) is 4.80. The molecule has 3 N–H and O–H groups in total. The number of pyridine rings is 1. The van der Waals surface area contributed by atoms with E-state index < -0.39 is 5.91 Å². The summed E-state index contributed by atoms with van der Waals surface area (Å²) in [4.78, 5) is 28.3. The molecule has 6 heteroatoms. The van der Waals surface area contributed by atoms with Gasteiger partial charge < -0.3 is 11.1 Å². The number of aromatic nitrogens is 1. The van der Waals surface area contributed by atoms with E-state index in [4.69, 9.17) is 5.73 Å². The Hall–Kier alpha value is -2.21. The van der Waals surface area contributed by atoms with Crippen LogP contribution in [0.15, 0.2) is 29.8 Å². The van der Waals surface area contributed by atoms with Crippen molar-refractivity contribution < 1.29 is 9.59 Å². The largest absolute Gasteiger partial charge is 0.364 e. The zero-order valence-electron chi connectivity index (χ0n) is 11.5. The van der Waals surface area contributed by atoms with E-state index >= 15 is 0 Å². The topological polar surface area (TPSA) is 85.1 Å². The van der Waals surface area contributed by atoms with Crippen molar-refractivity contribution in [2.45, 2.75) is 19.3 Å². The van der Waals surface area contributed by atoms with E-state index in [1.54, 1.807) is 17.4 Å². The molecule has 1 aliphatic rings. The van der Waals surface area contributed by atoms with Crippen molar-refractivity contribution in [1.29, 1.82) is 0 Å². The Labute approximate surface area is 126 Å². The van der Waals surface area contributed by atoms with Gasteiger partial charge in [-0.2, -0.15) is 0 Å². The minimum atomic E-state index is -0.580. The molecule has 2 atom stereocenters. The number of hydrogen-bond donors (Lipinski definition) is 2. The molecule has 3 rings (SSSR count). The number of carbonyl (C=O) groups excluding carboxylic acids is 2. The fourth-order valence-corrected chi connectivity index (χ4v) is 3.50. The number of aryl methyl sites for hydroxylation is 1. The highest BCUT2D eigenvalue weighted by molar-refractivity contribution is 7.10. The first-order chi connectivity index (χ1) is 10.1. The molecule has 0 bridgehead atoms. The van der Waals surface area contributed by atoms with E-state index in [2.05, 4.69) is 28.7 Å². The van der Waals surface area contributed by atoms with E-state index in [0.29, 0.717) is 11.6 Å². The first kappa shape index (κ1) is 13.8. The smallest absolute Gasteiger partial charge is 0.267 e. The Bertz CT molecular complexity index is 693. The van der Waals surface area contributed by atoms with Crippen LogP contribution in [0, 0.1) is 12.8 Å². The quantitative estimate of drug-likeness (QED) is 0.908. The molecule has 0 unspecified atom stereocenters. The summed E-state index contributed by atoms with van der Waals surface area (Å²) < 4.78 is 0. The van der Waals surface area contributed by atoms with Gasteiger partial charge in [-0.3, -0.25) is 9.59 Å². The summed E-state index contributed by atoms with van der Waals surface area (Å²) >= 11 is 1.71. The van der Waals surface area contributed by atoms with Gasteiger partial charge >= 0.3 is 0 Å². The molecule has 0 saturated heterocycles. The molecule has 0 aliphatic heterocycles. The fraction of sp³-hybridized carbons (Fsp3) is 0.267. The minimum Gasteiger partial charge on any atom is -0.364 e. The monoisotopic (exact) mass is 301 g/mol. The molecule has 0 radical (unpaired) electrons. The van der Waals surface area contributed by atoms with E-state index in [9.17, 15) is 9.59 Å². The lowest BCUT2D eigenvalue weighted by Crippen LogP contribution is -2.16. The van der Waals surface area contributed by atoms with E-state index in [0.717, 1.165) is 6.42 Å². The molecule has 2 heterocycles. The number of anilines is 1. The highest BCUT2D eigenvalue weighted by Crippen LogP contribution is 2.50. The van der Waals surface area contributed by atoms with Gasteiger partial charge in [0.25, 0.3) is 5.91 Å². The van der Waals surface area contributed by atoms with Crippen molar-refractivity contribution in [2.75, 3.05) is 5.32 Å². The number of carbonyl (C=O) groups is 2. The number of nitrogens with one attached hydrogen (secondary N) is 1. The lowest BCUT2D eigenvalue weighted by molar-refractivity contribution is -0.117. The van der Waals surface area contributed by atoms with Crippen LogP contribution >= 0.6 is 11.3 Å². The summed E-state index contributed by atoms with van der Waals surface area (Å²) in [6.45, 7) is 2.07. The molecule has 108 valence electrons. The molecule has 2 aromatic heterocycles. The number of nitrogens with two attached hydrogens (primary N) is 1. The summed E-state index contributed by atoms with van der Waals surface area (Å²) in [7, 11) is 0. The Morgan fingerprint density at radius 1 is 1.38 bits per heavy atom. The molecule has 1 fully saturated rings. The van der Waals surface area contributed by atoms with Crippen LogP contribution in [0.4, 0.5) is 5.69 Å². The van der Waals surface area contributed by atoms with Gasteiger partial charge in [0.2, 0.25) is 5.91 Å². The second kappa shape index (κ2) is 5.29. The van der Waals surface area contributed by atoms with Crippen molar-refractivity contribution in [3.8, 4) is 0 Å². The highest BCUT2D eigenvalue weighted by atomic mass is 32.1. The number of hydrogen-bond acceptors (Lipinski definition) is 4. The maximum absolute atomic E-state index is 12.2. The van der Waals surface area contributed by atoms with Gasteiger partial charge in [0.05, 0.1) is 11.9 Å². The SMILES string of the molecule is Cc1ccsc1[C@@H]1C[C@@H]1C(=O)Nc1ccc(C(N)=O)nc1. The fourth-order valence-electron chi connectivity index (χ4n) is 2.39. The van der Waals surface area contributed by atoms with Crippen LogP contribution in [0.25, 0.3) is 0 Å². The third-order valence-electron chi connectivity index (χ3n) is 3.65. The predicted octanol–water partition coefficient (Wildman–Crippen LogP) is 2.29. The van der Waals surface area contributed by atoms with Crippen molar-refractivity contribution >= 4 is 28.8 Å². The van der Waals surface area contributed by atoms with Crippen LogP contribution in [-0.4, -0.2) is 16.8 Å². The summed E-state index contributed by atoms with van der Waals surface area (Å²) in [6.07, 6.45) is 2.34. The van der Waals surface area contributed by atoms with E-state index in [-0.39, 0.29) is 17.5 Å². The van der Waals surface area contributed by atoms with Crippen molar-refractivity contribution in [3.05, 3.63) is 45.9 Å². The molecule has 2 amide bonds. The molecular formula is C15H15N3O2S. The van der Waals surface area contributed by atoms with Crippen molar-refractivity contribution in [1.82, 2.24) is 4.98 Å². The van der Waals surface area contributed by atoms with Gasteiger partial charge in [0, 0.05) is 16.7 Å². The normalized spacial score (nSPS) is 20.0. The molecule has 1 aliphatic carbocycles. The van der Waals surface area contributed by atoms with Crippen LogP contribution in [0.2, 0.25) is 0 Å². The maximum Gasteiger partial charge on any atom is 0.267 e. The van der Waals surface area contributed by atoms with Gasteiger partial charge in [-0.1, -0.05) is 0 Å². The zero-order chi connectivity index (χ0) is 15.0. The average Bonchev–Trinajstić information content (AvgIpc) is 3.14. The standard InChI is InChI=1S/C15H15N3O2S/c1-8-4-5-21-13(8)10-6-11(10)15(20)18-9-2-3-12(14(16)19)17-7-9/h2-5,7,10-11H,6H2,1H3,(H2,16,19)(H,18,20)/t10-,11+/m1/s1. The van der Waals surface area contributed by atoms with Gasteiger partial charge in [-0.15, -0.1) is 11.3 Å². The maximum atomic E-state index is 12.2. The predicted molar refractivity (Wildman–Crippen MR) is 81.3 cm³/mol. The number of amides is 2. The van der Waals surface area contributed by atoms with Gasteiger partial charge in [0.1, 0.15) is 5.69 Å². The molecular weight excluding hydrogens is 286 g/mol. The molecule has 21 heavy (non-hydrogen) atoms. The van der Waals surface area contributed by atoms with Crippen LogP contribution in [0.5, 0.6) is 0 Å². The Morgan fingerprint density at radius 3 is 2.76 bits per heavy atom. The highest BCUT2D eigenvalue weighted by Gasteiger charge is 2.45. The number of primary amides is 1. The first-order valence-electron chi connectivity index (χ1n) is 6.67. The van der Waals surface area contributed by atoms with Gasteiger partial charge in [-0.05, 0) is 42.5 Å². The summed E-state index contributed by atoms with van der Waals surface area (Å²) in [5.41, 5.74) is 7.15. The Morgan fingerprint density at radius 2 is 2.19 bits per heavy atom. The average molecular weight is 301 g/mol. The Kier molecular flexibility index (Phi) is 3.47. The van der Waals surface area contributed by atoms with Crippen LogP contribution in [0.3, 0.4) is 0 Å². The zero-order valence-corrected chi connectivity index (χ0v) is 12.3. The van der Waals surface area contributed by atoms with E-state index in [1.165, 1.54) is 22.7 Å². The van der Waals surface area contributed by atoms with Crippen molar-refractivity contribution in [3.63, 3.8) is 0 Å². The summed E-state index contributed by atoms with van der Waals surface area (Å²) in [5.74, 6) is -0.217. The van der Waals surface area contributed by atoms with Gasteiger partial charge in [-0.25, -0.2) is 4.98 Å². The number of thiophene rings is 1. The van der Waals surface area contributed by atoms with Gasteiger partial charge in [0.15, 0.2) is 0 Å². The van der Waals surface area contributed by atoms with Crippen LogP contribution in [-0.2, 0) is 4.79 Å². The molecule has 2 aromatic rings. The van der Waals surface area contributed by atoms with Crippen molar-refractivity contribution in [2.24, 2.45) is 11.7 Å². The third kappa shape index (κ3) is 2.80. The molecule has 0 aromatic carbocycles. The van der Waals surface area contributed by atoms with Crippen LogP contribution in [0.1, 0.15) is 33.3 Å². The second-order valence-corrected chi connectivity index (χ2v) is 6.15. The molecule has 0 spiro atoms. The Balaban J connectivity index is 1.63. The lowest BCUT2D eigenvalue weighted by atomic mass is 10.2. The number of rotatable bonds is 4. The van der Waals surface area contributed by atoms with Crippen LogP contribution < -0.4 is 11.1 Å². The second-order valence-electron chi connectivity index (χ2n) is 5.20. The first-order valence-corrected chi connectivity index (χ1v) is 7.55. The lowest BCUT2D eigenvalue weighted by Gasteiger charge is -2.05. The summed E-state index contributed by atoms with van der Waals surface area (Å²) in [6, 6.07) is 5.23. The number of nitrogens with zero attached hydrogens (tertiary/aromatic N) is 1. The summed E-state index contributed by atoms with van der Waals surface area (Å²) in [5, 5.41) is 4.89. The van der Waals surface area contributed by atoms with E-state index in [1.807, 2.05) is 0 Å². The minimum absolute atomic E-state index is 0.00132. The molecule has 5 nitrogen and oxygen atoms in total. The molecule has 1 saturated carbocycles.